The van der Waals surface area contributed by atoms with Crippen molar-refractivity contribution in [2.75, 3.05) is 16.5 Å². The molecule has 0 fully saturated rings. The lowest BCUT2D eigenvalue weighted by Gasteiger charge is -2.13. The minimum absolute atomic E-state index is 0.266. The van der Waals surface area contributed by atoms with Crippen molar-refractivity contribution in [3.8, 4) is 0 Å². The van der Waals surface area contributed by atoms with E-state index in [1.165, 1.54) is 6.33 Å². The van der Waals surface area contributed by atoms with Gasteiger partial charge in [0.15, 0.2) is 11.6 Å². The number of anilines is 4. The van der Waals surface area contributed by atoms with Crippen LogP contribution < -0.4 is 21.9 Å². The van der Waals surface area contributed by atoms with E-state index >= 15 is 0 Å². The van der Waals surface area contributed by atoms with E-state index < -0.39 is 0 Å². The molecule has 8 nitrogen and oxygen atoms in total. The van der Waals surface area contributed by atoms with E-state index in [4.69, 9.17) is 5.73 Å². The zero-order valence-electron chi connectivity index (χ0n) is 14.4. The van der Waals surface area contributed by atoms with Crippen molar-refractivity contribution in [2.45, 2.75) is 13.8 Å². The summed E-state index contributed by atoms with van der Waals surface area (Å²) in [4.78, 5) is 24.6. The van der Waals surface area contributed by atoms with Gasteiger partial charge < -0.3 is 11.1 Å². The average molecular weight is 349 g/mol. The molecule has 26 heavy (non-hydrogen) atoms. The minimum atomic E-state index is -0.293. The number of nitrogens with one attached hydrogen (secondary N) is 3. The van der Waals surface area contributed by atoms with E-state index in [9.17, 15) is 4.79 Å². The first kappa shape index (κ1) is 17.2. The van der Waals surface area contributed by atoms with Gasteiger partial charge >= 0.3 is 0 Å². The SMILES string of the molecule is Cc1ccc(C(=O)NNc2ncnc(Nc3ncccc3C)c2N)cc1. The van der Waals surface area contributed by atoms with Crippen LogP contribution >= 0.6 is 0 Å². The largest absolute Gasteiger partial charge is 0.393 e. The van der Waals surface area contributed by atoms with Crippen LogP contribution in [0.4, 0.5) is 23.1 Å². The van der Waals surface area contributed by atoms with Gasteiger partial charge in [-0.25, -0.2) is 15.0 Å². The second kappa shape index (κ2) is 7.47. The Morgan fingerprint density at radius 3 is 2.42 bits per heavy atom. The van der Waals surface area contributed by atoms with E-state index in [0.29, 0.717) is 17.2 Å². The fourth-order valence-electron chi connectivity index (χ4n) is 2.22. The van der Waals surface area contributed by atoms with Crippen LogP contribution in [0.15, 0.2) is 48.9 Å². The molecule has 0 aliphatic carbocycles. The molecular weight excluding hydrogens is 330 g/mol. The van der Waals surface area contributed by atoms with Crippen LogP contribution in [0.1, 0.15) is 21.5 Å². The smallest absolute Gasteiger partial charge is 0.269 e. The van der Waals surface area contributed by atoms with Crippen LogP contribution in [-0.2, 0) is 0 Å². The third-order valence-electron chi connectivity index (χ3n) is 3.74. The minimum Gasteiger partial charge on any atom is -0.393 e. The Kier molecular flexibility index (Phi) is 4.93. The van der Waals surface area contributed by atoms with Gasteiger partial charge in [-0.15, -0.1) is 0 Å². The van der Waals surface area contributed by atoms with Gasteiger partial charge in [-0.3, -0.25) is 15.6 Å². The lowest BCUT2D eigenvalue weighted by molar-refractivity contribution is 0.0962. The number of hydrazine groups is 1. The lowest BCUT2D eigenvalue weighted by atomic mass is 10.1. The summed E-state index contributed by atoms with van der Waals surface area (Å²) >= 11 is 0. The van der Waals surface area contributed by atoms with Crippen molar-refractivity contribution >= 4 is 29.0 Å². The molecule has 0 bridgehead atoms. The molecule has 132 valence electrons. The van der Waals surface area contributed by atoms with Gasteiger partial charge in [0.2, 0.25) is 0 Å². The molecule has 0 saturated heterocycles. The zero-order chi connectivity index (χ0) is 18.5. The summed E-state index contributed by atoms with van der Waals surface area (Å²) < 4.78 is 0. The van der Waals surface area contributed by atoms with Crippen LogP contribution in [0.25, 0.3) is 0 Å². The fraction of sp³-hybridized carbons (Fsp3) is 0.111. The standard InChI is InChI=1S/C18H19N7O/c1-11-5-7-13(8-6-11)18(26)25-24-17-14(19)16(21-10-22-17)23-15-12(2)4-3-9-20-15/h3-10H,19H2,1-2H3,(H,25,26)(H2,20,21,22,23,24). The number of aryl methyl sites for hydroxylation is 2. The molecule has 0 unspecified atom stereocenters. The molecule has 2 heterocycles. The van der Waals surface area contributed by atoms with Crippen molar-refractivity contribution in [3.05, 3.63) is 65.6 Å². The number of nitrogens with zero attached hydrogens (tertiary/aromatic N) is 3. The van der Waals surface area contributed by atoms with Gasteiger partial charge in [0.1, 0.15) is 17.8 Å². The number of hydrogen-bond acceptors (Lipinski definition) is 7. The number of benzene rings is 1. The van der Waals surface area contributed by atoms with Gasteiger partial charge in [0, 0.05) is 11.8 Å². The fourth-order valence-corrected chi connectivity index (χ4v) is 2.22. The molecule has 2 aromatic heterocycles. The highest BCUT2D eigenvalue weighted by Crippen LogP contribution is 2.25. The first-order valence-corrected chi connectivity index (χ1v) is 7.96. The van der Waals surface area contributed by atoms with Crippen LogP contribution in [0, 0.1) is 13.8 Å². The highest BCUT2D eigenvalue weighted by molar-refractivity contribution is 5.95. The van der Waals surface area contributed by atoms with Gasteiger partial charge in [0.25, 0.3) is 5.91 Å². The van der Waals surface area contributed by atoms with E-state index in [1.54, 1.807) is 18.3 Å². The number of rotatable bonds is 5. The number of nitrogen functional groups attached to an aromatic ring is 1. The Labute approximate surface area is 150 Å². The van der Waals surface area contributed by atoms with Crippen LogP contribution in [0.3, 0.4) is 0 Å². The van der Waals surface area contributed by atoms with Crippen LogP contribution in [-0.4, -0.2) is 20.9 Å². The summed E-state index contributed by atoms with van der Waals surface area (Å²) in [5.41, 5.74) is 14.2. The van der Waals surface area contributed by atoms with Crippen molar-refractivity contribution in [1.29, 1.82) is 0 Å². The molecule has 1 aromatic carbocycles. The average Bonchev–Trinajstić information content (AvgIpc) is 2.64. The zero-order valence-corrected chi connectivity index (χ0v) is 14.4. The molecule has 0 aliphatic heterocycles. The first-order valence-electron chi connectivity index (χ1n) is 7.96. The Bertz CT molecular complexity index is 925. The number of carbonyl (C=O) groups is 1. The number of aromatic nitrogens is 3. The monoisotopic (exact) mass is 349 g/mol. The van der Waals surface area contributed by atoms with Crippen molar-refractivity contribution in [3.63, 3.8) is 0 Å². The molecular formula is C18H19N7O. The number of hydrogen-bond donors (Lipinski definition) is 4. The Morgan fingerprint density at radius 1 is 0.962 bits per heavy atom. The second-order valence-electron chi connectivity index (χ2n) is 5.72. The van der Waals surface area contributed by atoms with Crippen LogP contribution in [0.5, 0.6) is 0 Å². The van der Waals surface area contributed by atoms with Crippen LogP contribution in [0.2, 0.25) is 0 Å². The topological polar surface area (TPSA) is 118 Å². The van der Waals surface area contributed by atoms with E-state index in [2.05, 4.69) is 31.1 Å². The second-order valence-corrected chi connectivity index (χ2v) is 5.72. The van der Waals surface area contributed by atoms with E-state index in [1.807, 2.05) is 38.1 Å². The summed E-state index contributed by atoms with van der Waals surface area (Å²) in [5.74, 6) is 1.04. The highest BCUT2D eigenvalue weighted by Gasteiger charge is 2.11. The Balaban J connectivity index is 1.72. The van der Waals surface area contributed by atoms with E-state index in [-0.39, 0.29) is 17.4 Å². The van der Waals surface area contributed by atoms with Gasteiger partial charge in [-0.05, 0) is 37.6 Å². The molecule has 0 saturated carbocycles. The molecule has 3 aromatic rings. The number of amides is 1. The number of pyridine rings is 1. The number of carbonyl (C=O) groups excluding carboxylic acids is 1. The maximum absolute atomic E-state index is 12.2. The molecule has 1 amide bonds. The quantitative estimate of drug-likeness (QED) is 0.523. The molecule has 3 rings (SSSR count). The summed E-state index contributed by atoms with van der Waals surface area (Å²) in [7, 11) is 0. The maximum Gasteiger partial charge on any atom is 0.269 e. The molecule has 0 aliphatic rings. The summed E-state index contributed by atoms with van der Waals surface area (Å²) in [5, 5.41) is 3.07. The van der Waals surface area contributed by atoms with E-state index in [0.717, 1.165) is 11.1 Å². The van der Waals surface area contributed by atoms with Crippen molar-refractivity contribution in [2.24, 2.45) is 0 Å². The highest BCUT2D eigenvalue weighted by atomic mass is 16.2. The predicted molar refractivity (Wildman–Crippen MR) is 101 cm³/mol. The third kappa shape index (κ3) is 3.86. The summed E-state index contributed by atoms with van der Waals surface area (Å²) in [6.07, 6.45) is 3.02. The lowest BCUT2D eigenvalue weighted by Crippen LogP contribution is -2.30. The molecule has 8 heteroatoms. The van der Waals surface area contributed by atoms with Crippen molar-refractivity contribution in [1.82, 2.24) is 20.4 Å². The third-order valence-corrected chi connectivity index (χ3v) is 3.74. The normalized spacial score (nSPS) is 10.2. The van der Waals surface area contributed by atoms with Gasteiger partial charge in [-0.2, -0.15) is 0 Å². The molecule has 0 radical (unpaired) electrons. The molecule has 0 spiro atoms. The predicted octanol–water partition coefficient (Wildman–Crippen LogP) is 2.57. The van der Waals surface area contributed by atoms with Crippen molar-refractivity contribution < 1.29 is 4.79 Å². The Hall–Kier alpha value is -3.68. The first-order chi connectivity index (χ1) is 12.5. The molecule has 0 atom stereocenters. The van der Waals surface area contributed by atoms with Gasteiger partial charge in [0.05, 0.1) is 0 Å². The summed E-state index contributed by atoms with van der Waals surface area (Å²) in [6.45, 7) is 3.88. The summed E-state index contributed by atoms with van der Waals surface area (Å²) in [6, 6.07) is 11.0. The molecule has 5 N–H and O–H groups in total. The van der Waals surface area contributed by atoms with Gasteiger partial charge in [-0.1, -0.05) is 23.8 Å². The number of nitrogens with two attached hydrogens (primary N) is 1. The Morgan fingerprint density at radius 2 is 1.69 bits per heavy atom. The maximum atomic E-state index is 12.2.